The van der Waals surface area contributed by atoms with Gasteiger partial charge in [0.1, 0.15) is 0 Å². The van der Waals surface area contributed by atoms with E-state index in [1.54, 1.807) is 6.26 Å². The molecule has 7 heteroatoms. The number of piperazine rings is 2. The van der Waals surface area contributed by atoms with Crippen molar-refractivity contribution >= 4 is 24.4 Å². The zero-order chi connectivity index (χ0) is 21.6. The predicted octanol–water partition coefficient (Wildman–Crippen LogP) is 2.49. The van der Waals surface area contributed by atoms with Gasteiger partial charge in [0.15, 0.2) is 0 Å². The molecule has 0 aromatic rings. The Balaban J connectivity index is 0.000000989. The van der Waals surface area contributed by atoms with Gasteiger partial charge in [-0.05, 0) is 31.9 Å². The van der Waals surface area contributed by atoms with Crippen LogP contribution in [0.1, 0.15) is 59.3 Å². The highest BCUT2D eigenvalue weighted by Gasteiger charge is 2.30. The molecule has 1 N–H and O–H groups in total. The number of hydrogen-bond donors (Lipinski definition) is 2. The number of rotatable bonds is 4. The highest BCUT2D eigenvalue weighted by molar-refractivity contribution is 7.79. The number of carbonyl (C=O) groups is 2. The molecule has 170 valence electrons. The number of carbonyl (C=O) groups excluding carboxylic acids is 2. The van der Waals surface area contributed by atoms with Crippen molar-refractivity contribution in [3.8, 4) is 0 Å². The fourth-order valence-corrected chi connectivity index (χ4v) is 4.41. The minimum absolute atomic E-state index is 0.232. The zero-order valence-electron chi connectivity index (χ0n) is 19.2. The molecular weight excluding hydrogens is 384 g/mol. The van der Waals surface area contributed by atoms with Gasteiger partial charge in [-0.25, -0.2) is 0 Å². The van der Waals surface area contributed by atoms with Crippen LogP contribution in [-0.4, -0.2) is 91.2 Å². The van der Waals surface area contributed by atoms with Gasteiger partial charge in [0, 0.05) is 58.3 Å². The number of thiol groups is 1. The van der Waals surface area contributed by atoms with Crippen molar-refractivity contribution in [1.29, 1.82) is 0 Å². The van der Waals surface area contributed by atoms with Crippen LogP contribution in [0.2, 0.25) is 0 Å². The Kier molecular flexibility index (Phi) is 13.6. The lowest BCUT2D eigenvalue weighted by Gasteiger charge is -2.41. The Labute approximate surface area is 184 Å². The summed E-state index contributed by atoms with van der Waals surface area (Å²) in [5.41, 5.74) is 0. The van der Waals surface area contributed by atoms with Crippen LogP contribution in [0.5, 0.6) is 0 Å². The van der Waals surface area contributed by atoms with E-state index >= 15 is 0 Å². The average molecular weight is 429 g/mol. The van der Waals surface area contributed by atoms with E-state index in [2.05, 4.69) is 29.8 Å². The fourth-order valence-electron chi connectivity index (χ4n) is 4.41. The quantitative estimate of drug-likeness (QED) is 0.676. The highest BCUT2D eigenvalue weighted by atomic mass is 32.1. The maximum atomic E-state index is 12.6. The lowest BCUT2D eigenvalue weighted by Crippen LogP contribution is -2.57. The topological polar surface area (TPSA) is 55.9 Å². The molecule has 6 nitrogen and oxygen atoms in total. The normalized spacial score (nSPS) is 23.4. The molecule has 1 saturated carbocycles. The van der Waals surface area contributed by atoms with Gasteiger partial charge in [-0.15, -0.1) is 0 Å². The van der Waals surface area contributed by atoms with Gasteiger partial charge >= 0.3 is 0 Å². The lowest BCUT2D eigenvalue weighted by atomic mass is 9.86. The third-order valence-corrected chi connectivity index (χ3v) is 6.11. The first-order valence-corrected chi connectivity index (χ1v) is 12.5. The average Bonchev–Trinajstić information content (AvgIpc) is 2.79. The van der Waals surface area contributed by atoms with Crippen LogP contribution in [0.3, 0.4) is 0 Å². The van der Waals surface area contributed by atoms with Gasteiger partial charge in [0.2, 0.25) is 11.8 Å². The Morgan fingerprint density at radius 3 is 2.10 bits per heavy atom. The smallest absolute Gasteiger partial charge is 0.236 e. The van der Waals surface area contributed by atoms with E-state index in [-0.39, 0.29) is 11.9 Å². The lowest BCUT2D eigenvalue weighted by molar-refractivity contribution is -0.137. The summed E-state index contributed by atoms with van der Waals surface area (Å²) >= 11 is 3.53. The first kappa shape index (κ1) is 26.2. The van der Waals surface area contributed by atoms with E-state index < -0.39 is 0 Å². The summed E-state index contributed by atoms with van der Waals surface area (Å²) in [5, 5.41) is 3.28. The molecule has 0 spiro atoms. The van der Waals surface area contributed by atoms with Crippen LogP contribution in [0.4, 0.5) is 0 Å². The number of hydrogen-bond acceptors (Lipinski definition) is 5. The maximum absolute atomic E-state index is 12.6. The van der Waals surface area contributed by atoms with Crippen molar-refractivity contribution in [2.75, 3.05) is 58.6 Å². The summed E-state index contributed by atoms with van der Waals surface area (Å²) in [6.07, 6.45) is 8.78. The molecule has 1 atom stereocenters. The first-order valence-electron chi connectivity index (χ1n) is 11.6. The van der Waals surface area contributed by atoms with E-state index in [0.717, 1.165) is 52.2 Å². The molecule has 3 rings (SSSR count). The number of amides is 2. The monoisotopic (exact) mass is 428 g/mol. The molecule has 3 fully saturated rings. The molecule has 2 saturated heterocycles. The molecular formula is C22H44N4O2S. The van der Waals surface area contributed by atoms with Crippen LogP contribution in [0, 0.1) is 5.92 Å². The molecule has 2 heterocycles. The van der Waals surface area contributed by atoms with Crippen LogP contribution in [0.25, 0.3) is 0 Å². The van der Waals surface area contributed by atoms with Crippen molar-refractivity contribution < 1.29 is 9.59 Å². The number of nitrogens with zero attached hydrogens (tertiary/aromatic N) is 3. The minimum Gasteiger partial charge on any atom is -0.340 e. The van der Waals surface area contributed by atoms with E-state index in [0.29, 0.717) is 18.4 Å². The Hall–Kier alpha value is -0.790. The molecule has 0 bridgehead atoms. The van der Waals surface area contributed by atoms with Crippen LogP contribution < -0.4 is 5.32 Å². The second-order valence-electron chi connectivity index (χ2n) is 8.00. The highest BCUT2D eigenvalue weighted by Crippen LogP contribution is 2.27. The van der Waals surface area contributed by atoms with E-state index in [4.69, 9.17) is 0 Å². The first-order chi connectivity index (χ1) is 14.1. The van der Waals surface area contributed by atoms with E-state index in [9.17, 15) is 9.59 Å². The van der Waals surface area contributed by atoms with Gasteiger partial charge in [0.25, 0.3) is 0 Å². The summed E-state index contributed by atoms with van der Waals surface area (Å²) in [7, 11) is 0. The fraction of sp³-hybridized carbons (Fsp3) is 0.909. The van der Waals surface area contributed by atoms with E-state index in [1.807, 2.05) is 23.6 Å². The summed E-state index contributed by atoms with van der Waals surface area (Å²) in [6.45, 7) is 12.4. The molecule has 2 amide bonds. The standard InChI is InChI=1S/C19H34N4O2.C2H6.CH4S/c1-16-14-23(18(24)13-17-5-3-2-4-6-17)12-11-22(16)15-19(25)21-9-7-20-8-10-21;2*1-2/h16-17,20H,2-15H2,1H3;1-2H3;2H,1H3. The van der Waals surface area contributed by atoms with Gasteiger partial charge in [-0.1, -0.05) is 33.1 Å². The molecule has 29 heavy (non-hydrogen) atoms. The summed E-state index contributed by atoms with van der Waals surface area (Å²) in [5.74, 6) is 1.16. The summed E-state index contributed by atoms with van der Waals surface area (Å²) < 4.78 is 0. The van der Waals surface area contributed by atoms with Gasteiger partial charge in [-0.3, -0.25) is 14.5 Å². The molecule has 3 aliphatic rings. The molecule has 0 radical (unpaired) electrons. The maximum Gasteiger partial charge on any atom is 0.236 e. The second-order valence-corrected chi connectivity index (χ2v) is 8.00. The van der Waals surface area contributed by atoms with Crippen molar-refractivity contribution in [3.63, 3.8) is 0 Å². The minimum atomic E-state index is 0.232. The third-order valence-electron chi connectivity index (χ3n) is 6.11. The largest absolute Gasteiger partial charge is 0.340 e. The summed E-state index contributed by atoms with van der Waals surface area (Å²) in [4.78, 5) is 31.3. The third kappa shape index (κ3) is 8.85. The molecule has 1 aliphatic carbocycles. The molecule has 1 unspecified atom stereocenters. The summed E-state index contributed by atoms with van der Waals surface area (Å²) in [6, 6.07) is 0.260. The Morgan fingerprint density at radius 2 is 1.52 bits per heavy atom. The SMILES string of the molecule is CC.CC1CN(C(=O)CC2CCCCC2)CCN1CC(=O)N1CCNCC1.CS. The van der Waals surface area contributed by atoms with Crippen LogP contribution >= 0.6 is 12.6 Å². The number of nitrogens with one attached hydrogen (secondary N) is 1. The van der Waals surface area contributed by atoms with Gasteiger partial charge in [0.05, 0.1) is 6.54 Å². The van der Waals surface area contributed by atoms with Crippen molar-refractivity contribution in [2.24, 2.45) is 5.92 Å². The molecule has 2 aliphatic heterocycles. The molecule has 0 aromatic carbocycles. The van der Waals surface area contributed by atoms with E-state index in [1.165, 1.54) is 32.1 Å². The Bertz CT molecular complexity index is 466. The zero-order valence-corrected chi connectivity index (χ0v) is 20.1. The second kappa shape index (κ2) is 15.1. The molecule has 0 aromatic heterocycles. The van der Waals surface area contributed by atoms with Crippen molar-refractivity contribution in [1.82, 2.24) is 20.0 Å². The van der Waals surface area contributed by atoms with Crippen LogP contribution in [0.15, 0.2) is 0 Å². The predicted molar refractivity (Wildman–Crippen MR) is 125 cm³/mol. The Morgan fingerprint density at radius 1 is 0.897 bits per heavy atom. The van der Waals surface area contributed by atoms with Crippen molar-refractivity contribution in [3.05, 3.63) is 0 Å². The van der Waals surface area contributed by atoms with Gasteiger partial charge < -0.3 is 15.1 Å². The van der Waals surface area contributed by atoms with Crippen LogP contribution in [-0.2, 0) is 9.59 Å². The van der Waals surface area contributed by atoms with Crippen molar-refractivity contribution in [2.45, 2.75) is 65.3 Å². The van der Waals surface area contributed by atoms with Gasteiger partial charge in [-0.2, -0.15) is 12.6 Å².